The molecule has 0 aromatic carbocycles. The summed E-state index contributed by atoms with van der Waals surface area (Å²) in [6.45, 7) is 1.16. The predicted molar refractivity (Wildman–Crippen MR) is 63.6 cm³/mol. The van der Waals surface area contributed by atoms with E-state index in [9.17, 15) is 13.2 Å². The quantitative estimate of drug-likeness (QED) is 0.794. The van der Waals surface area contributed by atoms with E-state index in [1.165, 1.54) is 6.26 Å². The summed E-state index contributed by atoms with van der Waals surface area (Å²) in [4.78, 5) is 12.8. The number of carboxylic acid groups (broad SMARTS) is 1. The van der Waals surface area contributed by atoms with E-state index in [0.29, 0.717) is 19.5 Å². The van der Waals surface area contributed by atoms with Crippen LogP contribution in [-0.2, 0) is 14.6 Å². The van der Waals surface area contributed by atoms with E-state index in [-0.39, 0.29) is 17.2 Å². The molecule has 1 aliphatic carbocycles. The lowest BCUT2D eigenvalue weighted by atomic mass is 9.89. The Hall–Kier alpha value is -0.620. The number of aliphatic carboxylic acids is 1. The van der Waals surface area contributed by atoms with E-state index in [1.54, 1.807) is 0 Å². The minimum absolute atomic E-state index is 0.231. The zero-order valence-corrected chi connectivity index (χ0v) is 10.8. The largest absolute Gasteiger partial charge is 0.481 e. The van der Waals surface area contributed by atoms with Crippen molar-refractivity contribution in [2.24, 2.45) is 5.92 Å². The Morgan fingerprint density at radius 1 is 1.29 bits per heavy atom. The maximum Gasteiger partial charge on any atom is 0.309 e. The number of carbonyl (C=O) groups is 1. The van der Waals surface area contributed by atoms with Gasteiger partial charge in [0.15, 0.2) is 0 Å². The Bertz CT molecular complexity index is 400. The van der Waals surface area contributed by atoms with Crippen molar-refractivity contribution < 1.29 is 18.3 Å². The van der Waals surface area contributed by atoms with Crippen LogP contribution in [0.5, 0.6) is 0 Å². The second-order valence-electron chi connectivity index (χ2n) is 5.26. The molecule has 0 bridgehead atoms. The zero-order chi connectivity index (χ0) is 12.6. The molecule has 1 saturated carbocycles. The highest BCUT2D eigenvalue weighted by Gasteiger charge is 2.39. The van der Waals surface area contributed by atoms with Crippen LogP contribution in [0.1, 0.15) is 25.7 Å². The van der Waals surface area contributed by atoms with Gasteiger partial charge in [0, 0.05) is 25.4 Å². The molecule has 1 aliphatic heterocycles. The van der Waals surface area contributed by atoms with E-state index in [1.807, 2.05) is 0 Å². The van der Waals surface area contributed by atoms with Gasteiger partial charge in [-0.2, -0.15) is 0 Å². The van der Waals surface area contributed by atoms with Gasteiger partial charge in [-0.05, 0) is 19.3 Å². The maximum absolute atomic E-state index is 11.5. The summed E-state index contributed by atoms with van der Waals surface area (Å²) < 4.78 is 23.0. The van der Waals surface area contributed by atoms with E-state index >= 15 is 0 Å². The number of sulfone groups is 1. The fraction of sp³-hybridized carbons (Fsp3) is 0.909. The lowest BCUT2D eigenvalue weighted by molar-refractivity contribution is -0.149. The van der Waals surface area contributed by atoms with Gasteiger partial charge < -0.3 is 5.11 Å². The molecule has 2 fully saturated rings. The van der Waals surface area contributed by atoms with E-state index in [0.717, 1.165) is 19.3 Å². The summed E-state index contributed by atoms with van der Waals surface area (Å²) in [6, 6.07) is 0.263. The van der Waals surface area contributed by atoms with Crippen LogP contribution in [0, 0.1) is 5.92 Å². The van der Waals surface area contributed by atoms with Crippen LogP contribution in [0.3, 0.4) is 0 Å². The van der Waals surface area contributed by atoms with Crippen molar-refractivity contribution in [3.05, 3.63) is 0 Å². The van der Waals surface area contributed by atoms with Crippen molar-refractivity contribution in [1.29, 1.82) is 0 Å². The Labute approximate surface area is 102 Å². The molecule has 0 amide bonds. The highest BCUT2D eigenvalue weighted by molar-refractivity contribution is 7.91. The molecule has 5 nitrogen and oxygen atoms in total. The van der Waals surface area contributed by atoms with Gasteiger partial charge in [-0.25, -0.2) is 8.42 Å². The highest BCUT2D eigenvalue weighted by atomic mass is 32.2. The predicted octanol–water partition coefficient (Wildman–Crippen LogP) is 0.359. The highest BCUT2D eigenvalue weighted by Crippen LogP contribution is 2.31. The average molecular weight is 261 g/mol. The topological polar surface area (TPSA) is 74.7 Å². The fourth-order valence-corrected chi connectivity index (χ4v) is 3.97. The molecule has 1 heterocycles. The first-order chi connectivity index (χ1) is 7.88. The molecular weight excluding hydrogens is 242 g/mol. The molecule has 0 aromatic rings. The van der Waals surface area contributed by atoms with Crippen LogP contribution in [0.2, 0.25) is 0 Å². The van der Waals surface area contributed by atoms with Crippen molar-refractivity contribution in [2.75, 3.05) is 19.3 Å². The van der Waals surface area contributed by atoms with Gasteiger partial charge in [-0.15, -0.1) is 0 Å². The van der Waals surface area contributed by atoms with Crippen LogP contribution in [0.25, 0.3) is 0 Å². The smallest absolute Gasteiger partial charge is 0.309 e. The Kier molecular flexibility index (Phi) is 3.45. The minimum Gasteiger partial charge on any atom is -0.481 e. The summed E-state index contributed by atoms with van der Waals surface area (Å²) >= 11 is 0. The first-order valence-corrected chi connectivity index (χ1v) is 7.99. The molecule has 1 saturated heterocycles. The Morgan fingerprint density at radius 3 is 2.47 bits per heavy atom. The average Bonchev–Trinajstić information content (AvgIpc) is 2.13. The minimum atomic E-state index is -2.95. The van der Waals surface area contributed by atoms with Crippen molar-refractivity contribution in [2.45, 2.75) is 37.0 Å². The third-order valence-corrected chi connectivity index (χ3v) is 5.62. The number of likely N-dealkylation sites (tertiary alicyclic amines) is 1. The summed E-state index contributed by atoms with van der Waals surface area (Å²) in [5, 5.41) is 8.58. The SMILES string of the molecule is CS(=O)(=O)C1CCCC(N2CC(C(=O)O)C2)C1. The number of hydrogen-bond acceptors (Lipinski definition) is 4. The zero-order valence-electron chi connectivity index (χ0n) is 10.0. The van der Waals surface area contributed by atoms with Gasteiger partial charge in [0.25, 0.3) is 0 Å². The number of carboxylic acids is 1. The third kappa shape index (κ3) is 2.80. The van der Waals surface area contributed by atoms with Gasteiger partial charge in [-0.1, -0.05) is 6.42 Å². The molecule has 2 rings (SSSR count). The molecule has 98 valence electrons. The molecule has 2 aliphatic rings. The number of hydrogen-bond donors (Lipinski definition) is 1. The maximum atomic E-state index is 11.5. The van der Waals surface area contributed by atoms with Crippen molar-refractivity contribution in [3.8, 4) is 0 Å². The molecule has 0 radical (unpaired) electrons. The summed E-state index contributed by atoms with van der Waals surface area (Å²) in [5.41, 5.74) is 0. The molecule has 2 atom stereocenters. The summed E-state index contributed by atoms with van der Waals surface area (Å²) in [6.07, 6.45) is 4.65. The monoisotopic (exact) mass is 261 g/mol. The molecule has 6 heteroatoms. The third-order valence-electron chi connectivity index (χ3n) is 3.98. The Balaban J connectivity index is 1.89. The van der Waals surface area contributed by atoms with Crippen LogP contribution >= 0.6 is 0 Å². The molecule has 0 spiro atoms. The normalized spacial score (nSPS) is 32.1. The molecular formula is C11H19NO4S. The van der Waals surface area contributed by atoms with Crippen LogP contribution in [0.15, 0.2) is 0 Å². The second-order valence-corrected chi connectivity index (χ2v) is 7.59. The summed E-state index contributed by atoms with van der Waals surface area (Å²) in [7, 11) is -2.95. The molecule has 1 N–H and O–H groups in total. The van der Waals surface area contributed by atoms with Crippen LogP contribution in [-0.4, -0.2) is 55.0 Å². The van der Waals surface area contributed by atoms with Crippen LogP contribution < -0.4 is 0 Å². The molecule has 2 unspecified atom stereocenters. The van der Waals surface area contributed by atoms with Crippen molar-refractivity contribution in [1.82, 2.24) is 4.90 Å². The molecule has 17 heavy (non-hydrogen) atoms. The van der Waals surface area contributed by atoms with E-state index in [2.05, 4.69) is 4.90 Å². The summed E-state index contributed by atoms with van der Waals surface area (Å²) in [5.74, 6) is -0.995. The van der Waals surface area contributed by atoms with Gasteiger partial charge in [0.2, 0.25) is 0 Å². The lowest BCUT2D eigenvalue weighted by Crippen LogP contribution is -2.56. The number of rotatable bonds is 3. The Morgan fingerprint density at radius 2 is 1.94 bits per heavy atom. The van der Waals surface area contributed by atoms with Crippen molar-refractivity contribution >= 4 is 15.8 Å². The van der Waals surface area contributed by atoms with Gasteiger partial charge in [0.05, 0.1) is 11.2 Å². The first kappa shape index (κ1) is 12.8. The second kappa shape index (κ2) is 4.57. The van der Waals surface area contributed by atoms with E-state index in [4.69, 9.17) is 5.11 Å². The van der Waals surface area contributed by atoms with Crippen molar-refractivity contribution in [3.63, 3.8) is 0 Å². The van der Waals surface area contributed by atoms with Gasteiger partial charge >= 0.3 is 5.97 Å². The van der Waals surface area contributed by atoms with E-state index < -0.39 is 15.8 Å². The number of nitrogens with zero attached hydrogens (tertiary/aromatic N) is 1. The molecule has 0 aromatic heterocycles. The first-order valence-electron chi connectivity index (χ1n) is 6.03. The van der Waals surface area contributed by atoms with Gasteiger partial charge in [0.1, 0.15) is 9.84 Å². The fourth-order valence-electron chi connectivity index (χ4n) is 2.81. The lowest BCUT2D eigenvalue weighted by Gasteiger charge is -2.45. The standard InChI is InChI=1S/C11H19NO4S/c1-17(15,16)10-4-2-3-9(5-10)12-6-8(7-12)11(13)14/h8-10H,2-7H2,1H3,(H,13,14). The van der Waals surface area contributed by atoms with Crippen LogP contribution in [0.4, 0.5) is 0 Å². The van der Waals surface area contributed by atoms with Gasteiger partial charge in [-0.3, -0.25) is 9.69 Å².